The maximum atomic E-state index is 2.40. The molecular formula is C50H37BN2. The van der Waals surface area contributed by atoms with Gasteiger partial charge in [-0.05, 0) is 121 Å². The topological polar surface area (TPSA) is 6.48 Å². The van der Waals surface area contributed by atoms with Gasteiger partial charge in [0.05, 0.1) is 0 Å². The average Bonchev–Trinajstić information content (AvgIpc) is 3.24. The van der Waals surface area contributed by atoms with Crippen LogP contribution in [0.1, 0.15) is 0 Å². The van der Waals surface area contributed by atoms with E-state index in [4.69, 9.17) is 0 Å². The van der Waals surface area contributed by atoms with Crippen LogP contribution in [0, 0.1) is 0 Å². The highest BCUT2D eigenvalue weighted by atomic mass is 15.1. The summed E-state index contributed by atoms with van der Waals surface area (Å²) in [6.07, 6.45) is 0. The first-order valence-corrected chi connectivity index (χ1v) is 18.4. The first-order chi connectivity index (χ1) is 26.1. The molecule has 2 heterocycles. The lowest BCUT2D eigenvalue weighted by Crippen LogP contribution is -2.61. The van der Waals surface area contributed by atoms with Crippen LogP contribution in [0.3, 0.4) is 0 Å². The fourth-order valence-electron chi connectivity index (χ4n) is 8.60. The van der Waals surface area contributed by atoms with E-state index in [1.807, 2.05) is 0 Å². The lowest BCUT2D eigenvalue weighted by molar-refractivity contribution is 1.18. The first kappa shape index (κ1) is 31.2. The molecule has 0 saturated heterocycles. The zero-order chi connectivity index (χ0) is 35.5. The molecule has 0 radical (unpaired) electrons. The molecule has 0 aliphatic carbocycles. The predicted octanol–water partition coefficient (Wildman–Crippen LogP) is 10.7. The molecule has 8 aromatic carbocycles. The van der Waals surface area contributed by atoms with Crippen LogP contribution in [0.25, 0.3) is 55.6 Å². The number of rotatable bonds is 5. The molecule has 53 heavy (non-hydrogen) atoms. The molecule has 0 aromatic heterocycles. The zero-order valence-corrected chi connectivity index (χ0v) is 29.9. The van der Waals surface area contributed by atoms with Crippen molar-refractivity contribution in [2.45, 2.75) is 0 Å². The largest absolute Gasteiger partial charge is 0.345 e. The van der Waals surface area contributed by atoms with Gasteiger partial charge in [0, 0.05) is 36.8 Å². The summed E-state index contributed by atoms with van der Waals surface area (Å²) in [5.74, 6) is 0. The van der Waals surface area contributed by atoms with Gasteiger partial charge >= 0.3 is 0 Å². The SMILES string of the molecule is CN1c2ccccc2B2c3ccccc3N(C)c3cc(-c4cccc(-c5cccc(-c6cccc(-c7cccc(-c8ccccc8)c7)c6)c5)c4)cc1c32. The minimum Gasteiger partial charge on any atom is -0.345 e. The van der Waals surface area contributed by atoms with Crippen molar-refractivity contribution in [2.24, 2.45) is 0 Å². The number of benzene rings is 8. The van der Waals surface area contributed by atoms with Crippen LogP contribution in [0.15, 0.2) is 188 Å². The summed E-state index contributed by atoms with van der Waals surface area (Å²) in [6.45, 7) is 0.203. The Balaban J connectivity index is 1.02. The Labute approximate surface area is 312 Å². The van der Waals surface area contributed by atoms with E-state index in [0.717, 1.165) is 0 Å². The maximum Gasteiger partial charge on any atom is 0.252 e. The molecule has 0 fully saturated rings. The molecule has 3 heteroatoms. The zero-order valence-electron chi connectivity index (χ0n) is 29.9. The second-order valence-corrected chi connectivity index (χ2v) is 14.3. The van der Waals surface area contributed by atoms with Crippen LogP contribution < -0.4 is 26.2 Å². The van der Waals surface area contributed by atoms with E-state index >= 15 is 0 Å². The second-order valence-electron chi connectivity index (χ2n) is 14.3. The van der Waals surface area contributed by atoms with Crippen molar-refractivity contribution in [1.29, 1.82) is 0 Å². The molecule has 2 nitrogen and oxygen atoms in total. The lowest BCUT2D eigenvalue weighted by Gasteiger charge is -2.42. The molecule has 0 bridgehead atoms. The van der Waals surface area contributed by atoms with Crippen molar-refractivity contribution in [1.82, 2.24) is 0 Å². The molecule has 0 unspecified atom stereocenters. The summed E-state index contributed by atoms with van der Waals surface area (Å²) < 4.78 is 0. The predicted molar refractivity (Wildman–Crippen MR) is 227 cm³/mol. The third kappa shape index (κ3) is 5.28. The van der Waals surface area contributed by atoms with Crippen LogP contribution in [0.4, 0.5) is 22.7 Å². The van der Waals surface area contributed by atoms with Crippen molar-refractivity contribution in [3.05, 3.63) is 188 Å². The Morgan fingerprint density at radius 3 is 1.02 bits per heavy atom. The summed E-state index contributed by atoms with van der Waals surface area (Å²) in [5, 5.41) is 0. The number of hydrogen-bond donors (Lipinski definition) is 0. The quantitative estimate of drug-likeness (QED) is 0.168. The molecule has 250 valence electrons. The molecule has 8 aromatic rings. The molecular weight excluding hydrogens is 639 g/mol. The lowest BCUT2D eigenvalue weighted by atomic mass is 9.33. The van der Waals surface area contributed by atoms with Gasteiger partial charge in [-0.2, -0.15) is 0 Å². The highest BCUT2D eigenvalue weighted by molar-refractivity contribution is 7.00. The summed E-state index contributed by atoms with van der Waals surface area (Å²) in [7, 11) is 4.43. The first-order valence-electron chi connectivity index (χ1n) is 18.4. The van der Waals surface area contributed by atoms with E-state index in [1.165, 1.54) is 94.8 Å². The van der Waals surface area contributed by atoms with Gasteiger partial charge in [-0.25, -0.2) is 0 Å². The van der Waals surface area contributed by atoms with Crippen LogP contribution in [0.5, 0.6) is 0 Å². The Bertz CT molecular complexity index is 2600. The number of fused-ring (bicyclic) bond motifs is 4. The van der Waals surface area contributed by atoms with Gasteiger partial charge in [0.15, 0.2) is 0 Å². The fraction of sp³-hybridized carbons (Fsp3) is 0.0400. The van der Waals surface area contributed by atoms with E-state index in [1.54, 1.807) is 0 Å². The number of hydrogen-bond acceptors (Lipinski definition) is 2. The minimum atomic E-state index is 0.203. The van der Waals surface area contributed by atoms with Crippen molar-refractivity contribution in [3.63, 3.8) is 0 Å². The Morgan fingerprint density at radius 1 is 0.283 bits per heavy atom. The standard InChI is InChI=1S/C50H37BN2/c1-52-46-26-8-6-24-44(46)51-45-25-7-9-27-47(45)53(2)49-33-43(32-48(52)50(49)51)42-23-13-22-41(31-42)40-21-12-20-39(30-40)38-19-11-18-37(29-38)36-17-10-16-35(28-36)34-14-4-3-5-15-34/h3-33H,1-2H3. The Kier molecular flexibility index (Phi) is 7.40. The number of anilines is 4. The minimum absolute atomic E-state index is 0.203. The highest BCUT2D eigenvalue weighted by Crippen LogP contribution is 2.40. The van der Waals surface area contributed by atoms with E-state index in [2.05, 4.69) is 212 Å². The Morgan fingerprint density at radius 2 is 0.604 bits per heavy atom. The van der Waals surface area contributed by atoms with Gasteiger partial charge in [0.2, 0.25) is 0 Å². The van der Waals surface area contributed by atoms with Gasteiger partial charge in [-0.15, -0.1) is 0 Å². The summed E-state index contributed by atoms with van der Waals surface area (Å²) in [6, 6.07) is 68.9. The van der Waals surface area contributed by atoms with Crippen molar-refractivity contribution in [2.75, 3.05) is 23.9 Å². The Hall–Kier alpha value is -6.58. The van der Waals surface area contributed by atoms with E-state index in [0.29, 0.717) is 0 Å². The van der Waals surface area contributed by atoms with Gasteiger partial charge in [0.25, 0.3) is 6.71 Å². The van der Waals surface area contributed by atoms with E-state index < -0.39 is 0 Å². The molecule has 2 aliphatic rings. The van der Waals surface area contributed by atoms with Crippen molar-refractivity contribution < 1.29 is 0 Å². The van der Waals surface area contributed by atoms with Crippen molar-refractivity contribution >= 4 is 45.9 Å². The number of para-hydroxylation sites is 2. The van der Waals surface area contributed by atoms with Gasteiger partial charge in [-0.1, -0.05) is 140 Å². The second kappa shape index (κ2) is 12.6. The average molecular weight is 677 g/mol. The van der Waals surface area contributed by atoms with E-state index in [9.17, 15) is 0 Å². The fourth-order valence-corrected chi connectivity index (χ4v) is 8.60. The molecule has 0 amide bonds. The summed E-state index contributed by atoms with van der Waals surface area (Å²) >= 11 is 0. The van der Waals surface area contributed by atoms with E-state index in [-0.39, 0.29) is 6.71 Å². The normalized spacial score (nSPS) is 12.6. The molecule has 0 atom stereocenters. The van der Waals surface area contributed by atoms with Gasteiger partial charge in [0.1, 0.15) is 0 Å². The van der Waals surface area contributed by atoms with Crippen LogP contribution in [-0.2, 0) is 0 Å². The highest BCUT2D eigenvalue weighted by Gasteiger charge is 2.40. The van der Waals surface area contributed by atoms with Crippen molar-refractivity contribution in [3.8, 4) is 55.6 Å². The number of nitrogens with zero attached hydrogens (tertiary/aromatic N) is 2. The van der Waals surface area contributed by atoms with Crippen LogP contribution in [-0.4, -0.2) is 20.8 Å². The molecule has 0 spiro atoms. The summed E-state index contributed by atoms with van der Waals surface area (Å²) in [5.41, 5.74) is 21.3. The third-order valence-electron chi connectivity index (χ3n) is 11.3. The molecule has 0 saturated carbocycles. The third-order valence-corrected chi connectivity index (χ3v) is 11.3. The monoisotopic (exact) mass is 676 g/mol. The molecule has 0 N–H and O–H groups in total. The van der Waals surface area contributed by atoms with Crippen LogP contribution in [0.2, 0.25) is 0 Å². The smallest absolute Gasteiger partial charge is 0.252 e. The van der Waals surface area contributed by atoms with Crippen LogP contribution >= 0.6 is 0 Å². The molecule has 2 aliphatic heterocycles. The van der Waals surface area contributed by atoms with Gasteiger partial charge < -0.3 is 9.80 Å². The van der Waals surface area contributed by atoms with Gasteiger partial charge in [-0.3, -0.25) is 0 Å². The molecule has 10 rings (SSSR count). The maximum absolute atomic E-state index is 2.40. The summed E-state index contributed by atoms with van der Waals surface area (Å²) in [4.78, 5) is 4.77.